The lowest BCUT2D eigenvalue weighted by Crippen LogP contribution is -2.47. The first-order chi connectivity index (χ1) is 12.9. The maximum Gasteiger partial charge on any atom is 0.237 e. The van der Waals surface area contributed by atoms with Crippen LogP contribution in [-0.4, -0.2) is 54.3 Å². The Morgan fingerprint density at radius 3 is 2.56 bits per heavy atom. The van der Waals surface area contributed by atoms with Gasteiger partial charge in [0.05, 0.1) is 12.6 Å². The highest BCUT2D eigenvalue weighted by Gasteiger charge is 2.37. The van der Waals surface area contributed by atoms with Crippen molar-refractivity contribution in [1.82, 2.24) is 20.9 Å². The van der Waals surface area contributed by atoms with Gasteiger partial charge in [0, 0.05) is 37.7 Å². The fourth-order valence-electron chi connectivity index (χ4n) is 3.15. The molecule has 1 heterocycles. The number of hydrogen-bond donors (Lipinski definition) is 3. The third-order valence-electron chi connectivity index (χ3n) is 4.52. The highest BCUT2D eigenvalue weighted by atomic mass is 19.1. The second kappa shape index (κ2) is 10.0. The number of likely N-dealkylation sites (tertiary alicyclic amines) is 1. The zero-order chi connectivity index (χ0) is 19.8. The van der Waals surface area contributed by atoms with Crippen LogP contribution in [0.2, 0.25) is 0 Å². The molecule has 1 saturated heterocycles. The van der Waals surface area contributed by atoms with Gasteiger partial charge in [-0.2, -0.15) is 0 Å². The van der Waals surface area contributed by atoms with Gasteiger partial charge in [-0.15, -0.1) is 0 Å². The van der Waals surface area contributed by atoms with Crippen LogP contribution in [0.5, 0.6) is 0 Å². The Hall–Kier alpha value is -2.48. The Labute approximate surface area is 158 Å². The third kappa shape index (κ3) is 6.02. The van der Waals surface area contributed by atoms with E-state index in [4.69, 9.17) is 0 Å². The van der Waals surface area contributed by atoms with Gasteiger partial charge in [0.2, 0.25) is 17.7 Å². The molecule has 3 N–H and O–H groups in total. The molecule has 2 rings (SSSR count). The molecule has 0 bridgehead atoms. The second-order valence-corrected chi connectivity index (χ2v) is 6.56. The number of hydrogen-bond acceptors (Lipinski definition) is 4. The molecule has 0 spiro atoms. The van der Waals surface area contributed by atoms with E-state index in [0.717, 1.165) is 0 Å². The maximum atomic E-state index is 13.6. The van der Waals surface area contributed by atoms with E-state index in [2.05, 4.69) is 16.0 Å². The highest BCUT2D eigenvalue weighted by molar-refractivity contribution is 5.84. The van der Waals surface area contributed by atoms with Gasteiger partial charge in [-0.25, -0.2) is 4.39 Å². The minimum Gasteiger partial charge on any atom is -0.355 e. The van der Waals surface area contributed by atoms with Crippen molar-refractivity contribution in [2.75, 3.05) is 19.6 Å². The van der Waals surface area contributed by atoms with Crippen molar-refractivity contribution < 1.29 is 18.8 Å². The lowest BCUT2D eigenvalue weighted by atomic mass is 10.1. The Balaban J connectivity index is 1.95. The minimum absolute atomic E-state index is 0.00868. The molecule has 1 aromatic rings. The summed E-state index contributed by atoms with van der Waals surface area (Å²) in [6.45, 7) is 4.60. The average molecular weight is 378 g/mol. The van der Waals surface area contributed by atoms with Crippen LogP contribution in [0.4, 0.5) is 4.39 Å². The summed E-state index contributed by atoms with van der Waals surface area (Å²) < 4.78 is 13.6. The van der Waals surface area contributed by atoms with Crippen molar-refractivity contribution in [1.29, 1.82) is 0 Å². The molecule has 8 heteroatoms. The summed E-state index contributed by atoms with van der Waals surface area (Å²) in [5.41, 5.74) is 0.403. The number of carbonyl (C=O) groups is 3. The van der Waals surface area contributed by atoms with E-state index in [-0.39, 0.29) is 42.7 Å². The van der Waals surface area contributed by atoms with Crippen LogP contribution >= 0.6 is 0 Å². The molecule has 1 aromatic carbocycles. The molecule has 27 heavy (non-hydrogen) atoms. The SMILES string of the molecule is CCNC(=O)[C@@H]1C[C@H](NC(=O)CC)CN1CC(=O)NCc1ccccc1F. The number of benzene rings is 1. The van der Waals surface area contributed by atoms with Crippen molar-refractivity contribution in [3.8, 4) is 0 Å². The van der Waals surface area contributed by atoms with Crippen LogP contribution in [-0.2, 0) is 20.9 Å². The average Bonchev–Trinajstić information content (AvgIpc) is 3.03. The van der Waals surface area contributed by atoms with Gasteiger partial charge in [-0.1, -0.05) is 25.1 Å². The number of carbonyl (C=O) groups excluding carboxylic acids is 3. The van der Waals surface area contributed by atoms with Gasteiger partial charge in [-0.3, -0.25) is 19.3 Å². The number of nitrogens with zero attached hydrogens (tertiary/aromatic N) is 1. The lowest BCUT2D eigenvalue weighted by Gasteiger charge is -2.22. The summed E-state index contributed by atoms with van der Waals surface area (Å²) in [6, 6.07) is 5.59. The van der Waals surface area contributed by atoms with Crippen molar-refractivity contribution in [2.24, 2.45) is 0 Å². The lowest BCUT2D eigenvalue weighted by molar-refractivity contribution is -0.127. The third-order valence-corrected chi connectivity index (χ3v) is 4.52. The molecule has 1 aliphatic heterocycles. The van der Waals surface area contributed by atoms with Crippen LogP contribution in [0, 0.1) is 5.82 Å². The molecule has 7 nitrogen and oxygen atoms in total. The molecule has 0 unspecified atom stereocenters. The predicted molar refractivity (Wildman–Crippen MR) is 99.1 cm³/mol. The van der Waals surface area contributed by atoms with Crippen LogP contribution in [0.1, 0.15) is 32.3 Å². The number of rotatable bonds is 8. The Kier molecular flexibility index (Phi) is 7.72. The van der Waals surface area contributed by atoms with E-state index in [0.29, 0.717) is 31.5 Å². The Morgan fingerprint density at radius 1 is 1.15 bits per heavy atom. The van der Waals surface area contributed by atoms with Gasteiger partial charge in [0.15, 0.2) is 0 Å². The molecule has 0 aliphatic carbocycles. The molecular formula is C19H27FN4O3. The summed E-state index contributed by atoms with van der Waals surface area (Å²) in [4.78, 5) is 38.0. The first-order valence-corrected chi connectivity index (χ1v) is 9.25. The van der Waals surface area contributed by atoms with Crippen molar-refractivity contribution >= 4 is 17.7 Å². The topological polar surface area (TPSA) is 90.5 Å². The van der Waals surface area contributed by atoms with Gasteiger partial charge in [-0.05, 0) is 19.4 Å². The smallest absolute Gasteiger partial charge is 0.237 e. The van der Waals surface area contributed by atoms with Gasteiger partial charge in [0.1, 0.15) is 5.82 Å². The molecule has 1 aliphatic rings. The van der Waals surface area contributed by atoms with E-state index < -0.39 is 6.04 Å². The second-order valence-electron chi connectivity index (χ2n) is 6.56. The molecular weight excluding hydrogens is 351 g/mol. The number of nitrogens with one attached hydrogen (secondary N) is 3. The summed E-state index contributed by atoms with van der Waals surface area (Å²) in [6.07, 6.45) is 0.823. The summed E-state index contributed by atoms with van der Waals surface area (Å²) in [5, 5.41) is 8.34. The molecule has 0 saturated carbocycles. The van der Waals surface area contributed by atoms with E-state index in [9.17, 15) is 18.8 Å². The van der Waals surface area contributed by atoms with Gasteiger partial charge >= 0.3 is 0 Å². The molecule has 0 aromatic heterocycles. The minimum atomic E-state index is -0.480. The summed E-state index contributed by atoms with van der Waals surface area (Å²) >= 11 is 0. The van der Waals surface area contributed by atoms with E-state index in [1.807, 2.05) is 6.92 Å². The highest BCUT2D eigenvalue weighted by Crippen LogP contribution is 2.18. The quantitative estimate of drug-likeness (QED) is 0.616. The van der Waals surface area contributed by atoms with Crippen LogP contribution < -0.4 is 16.0 Å². The Morgan fingerprint density at radius 2 is 1.89 bits per heavy atom. The Bertz CT molecular complexity index is 683. The first kappa shape index (κ1) is 20.8. The van der Waals surface area contributed by atoms with E-state index in [1.54, 1.807) is 30.0 Å². The molecule has 0 radical (unpaired) electrons. The van der Waals surface area contributed by atoms with Gasteiger partial charge < -0.3 is 16.0 Å². The summed E-state index contributed by atoms with van der Waals surface area (Å²) in [7, 11) is 0. The van der Waals surface area contributed by atoms with Crippen molar-refractivity contribution in [2.45, 2.75) is 45.3 Å². The number of likely N-dealkylation sites (N-methyl/N-ethyl adjacent to an activating group) is 1. The maximum absolute atomic E-state index is 13.6. The largest absolute Gasteiger partial charge is 0.355 e. The van der Waals surface area contributed by atoms with E-state index >= 15 is 0 Å². The molecule has 3 amide bonds. The van der Waals surface area contributed by atoms with Crippen molar-refractivity contribution in [3.63, 3.8) is 0 Å². The van der Waals surface area contributed by atoms with Crippen LogP contribution in [0.25, 0.3) is 0 Å². The molecule has 2 atom stereocenters. The fraction of sp³-hybridized carbons (Fsp3) is 0.526. The zero-order valence-corrected chi connectivity index (χ0v) is 15.8. The zero-order valence-electron chi connectivity index (χ0n) is 15.8. The number of halogens is 1. The first-order valence-electron chi connectivity index (χ1n) is 9.25. The van der Waals surface area contributed by atoms with E-state index in [1.165, 1.54) is 6.07 Å². The molecule has 1 fully saturated rings. The predicted octanol–water partition coefficient (Wildman–Crippen LogP) is 0.547. The molecule has 148 valence electrons. The van der Waals surface area contributed by atoms with Crippen LogP contribution in [0.15, 0.2) is 24.3 Å². The fourth-order valence-corrected chi connectivity index (χ4v) is 3.15. The number of amides is 3. The monoisotopic (exact) mass is 378 g/mol. The van der Waals surface area contributed by atoms with Crippen molar-refractivity contribution in [3.05, 3.63) is 35.6 Å². The standard InChI is InChI=1S/C19H27FN4O3/c1-3-17(25)23-14-9-16(19(27)21-4-2)24(11-14)12-18(26)22-10-13-7-5-6-8-15(13)20/h5-8,14,16H,3-4,9-12H2,1-2H3,(H,21,27)(H,22,26)(H,23,25)/t14-,16-/m0/s1. The summed E-state index contributed by atoms with van der Waals surface area (Å²) in [5.74, 6) is -0.912. The van der Waals surface area contributed by atoms with Crippen LogP contribution in [0.3, 0.4) is 0 Å². The normalized spacial score (nSPS) is 19.5. The van der Waals surface area contributed by atoms with Gasteiger partial charge in [0.25, 0.3) is 0 Å².